The van der Waals surface area contributed by atoms with Gasteiger partial charge in [0.25, 0.3) is 0 Å². The van der Waals surface area contributed by atoms with Crippen molar-refractivity contribution in [2.45, 2.75) is 32.9 Å². The lowest BCUT2D eigenvalue weighted by Crippen LogP contribution is -2.45. The summed E-state index contributed by atoms with van der Waals surface area (Å²) in [4.78, 5) is 13.6. The van der Waals surface area contributed by atoms with Crippen LogP contribution in [-0.4, -0.2) is 63.4 Å². The van der Waals surface area contributed by atoms with Gasteiger partial charge in [-0.15, -0.1) is 0 Å². The van der Waals surface area contributed by atoms with E-state index in [-0.39, 0.29) is 18.1 Å². The van der Waals surface area contributed by atoms with Crippen molar-refractivity contribution in [1.29, 1.82) is 0 Å². The molecule has 0 amide bonds. The van der Waals surface area contributed by atoms with Gasteiger partial charge in [-0.25, -0.2) is 0 Å². The molecule has 0 aromatic heterocycles. The van der Waals surface area contributed by atoms with Gasteiger partial charge < -0.3 is 19.7 Å². The highest BCUT2D eigenvalue weighted by Crippen LogP contribution is 1.95. The van der Waals surface area contributed by atoms with Crippen molar-refractivity contribution in [3.63, 3.8) is 0 Å². The molecule has 0 radical (unpaired) electrons. The monoisotopic (exact) mass is 246 g/mol. The summed E-state index contributed by atoms with van der Waals surface area (Å²) in [5.41, 5.74) is 0. The third-order valence-corrected chi connectivity index (χ3v) is 2.34. The van der Waals surface area contributed by atoms with E-state index < -0.39 is 0 Å². The van der Waals surface area contributed by atoms with E-state index in [1.165, 1.54) is 0 Å². The Morgan fingerprint density at radius 3 is 2.53 bits per heavy atom. The SMILES string of the molecule is CCOC(=O)C(CN(C)CCOC(C)C)NC. The minimum atomic E-state index is -0.279. The topological polar surface area (TPSA) is 50.8 Å². The van der Waals surface area contributed by atoms with E-state index in [1.54, 1.807) is 7.05 Å². The molecule has 0 bridgehead atoms. The molecule has 5 heteroatoms. The fraction of sp³-hybridized carbons (Fsp3) is 0.917. The molecule has 0 aromatic rings. The van der Waals surface area contributed by atoms with Crippen molar-refractivity contribution >= 4 is 5.97 Å². The number of nitrogens with one attached hydrogen (secondary N) is 1. The summed E-state index contributed by atoms with van der Waals surface area (Å²) in [6.07, 6.45) is 0.244. The van der Waals surface area contributed by atoms with E-state index >= 15 is 0 Å². The minimum Gasteiger partial charge on any atom is -0.465 e. The summed E-state index contributed by atoms with van der Waals surface area (Å²) in [6.45, 7) is 8.34. The first kappa shape index (κ1) is 16.4. The summed E-state index contributed by atoms with van der Waals surface area (Å²) < 4.78 is 10.4. The van der Waals surface area contributed by atoms with Crippen molar-refractivity contribution in [1.82, 2.24) is 10.2 Å². The van der Waals surface area contributed by atoms with Gasteiger partial charge in [-0.2, -0.15) is 0 Å². The van der Waals surface area contributed by atoms with Gasteiger partial charge in [0.05, 0.1) is 19.3 Å². The van der Waals surface area contributed by atoms with Gasteiger partial charge in [0, 0.05) is 13.1 Å². The zero-order valence-electron chi connectivity index (χ0n) is 11.7. The van der Waals surface area contributed by atoms with Crippen LogP contribution in [-0.2, 0) is 14.3 Å². The van der Waals surface area contributed by atoms with Crippen LogP contribution < -0.4 is 5.32 Å². The number of hydrogen-bond acceptors (Lipinski definition) is 5. The standard InChI is InChI=1S/C12H26N2O3/c1-6-16-12(15)11(13-4)9-14(5)7-8-17-10(2)3/h10-11,13H,6-9H2,1-5H3. The third kappa shape index (κ3) is 8.12. The number of hydrogen-bond donors (Lipinski definition) is 1. The Bertz CT molecular complexity index is 210. The van der Waals surface area contributed by atoms with Gasteiger partial charge in [-0.1, -0.05) is 0 Å². The van der Waals surface area contributed by atoms with Crippen LogP contribution in [0.1, 0.15) is 20.8 Å². The van der Waals surface area contributed by atoms with Gasteiger partial charge in [-0.05, 0) is 34.9 Å². The molecule has 1 unspecified atom stereocenters. The Labute approximate surface area is 104 Å². The number of likely N-dealkylation sites (N-methyl/N-ethyl adjacent to an activating group) is 2. The second kappa shape index (κ2) is 9.39. The van der Waals surface area contributed by atoms with Gasteiger partial charge in [-0.3, -0.25) is 4.79 Å². The van der Waals surface area contributed by atoms with Crippen molar-refractivity contribution < 1.29 is 14.3 Å². The molecule has 1 atom stereocenters. The predicted molar refractivity (Wildman–Crippen MR) is 68.1 cm³/mol. The highest BCUT2D eigenvalue weighted by molar-refractivity contribution is 5.76. The summed E-state index contributed by atoms with van der Waals surface area (Å²) >= 11 is 0. The molecule has 5 nitrogen and oxygen atoms in total. The van der Waals surface area contributed by atoms with Crippen molar-refractivity contribution in [3.05, 3.63) is 0 Å². The lowest BCUT2D eigenvalue weighted by molar-refractivity contribution is -0.146. The third-order valence-electron chi connectivity index (χ3n) is 2.34. The smallest absolute Gasteiger partial charge is 0.324 e. The van der Waals surface area contributed by atoms with Gasteiger partial charge in [0.15, 0.2) is 0 Å². The molecule has 0 saturated heterocycles. The Balaban J connectivity index is 3.89. The summed E-state index contributed by atoms with van der Waals surface area (Å²) in [5, 5.41) is 2.96. The van der Waals surface area contributed by atoms with Crippen LogP contribution in [0.3, 0.4) is 0 Å². The molecule has 0 aliphatic rings. The summed E-state index contributed by atoms with van der Waals surface area (Å²) in [5.74, 6) is -0.202. The Morgan fingerprint density at radius 2 is 2.06 bits per heavy atom. The Hall–Kier alpha value is -0.650. The molecule has 102 valence electrons. The maximum absolute atomic E-state index is 11.5. The molecular formula is C12H26N2O3. The normalized spacial score (nSPS) is 13.1. The van der Waals surface area contributed by atoms with Crippen LogP contribution in [0.4, 0.5) is 0 Å². The van der Waals surface area contributed by atoms with Crippen LogP contribution in [0.2, 0.25) is 0 Å². The number of rotatable bonds is 9. The van der Waals surface area contributed by atoms with E-state index in [4.69, 9.17) is 9.47 Å². The highest BCUT2D eigenvalue weighted by atomic mass is 16.5. The lowest BCUT2D eigenvalue weighted by Gasteiger charge is -2.22. The molecule has 0 rings (SSSR count). The fourth-order valence-corrected chi connectivity index (χ4v) is 1.37. The molecular weight excluding hydrogens is 220 g/mol. The van der Waals surface area contributed by atoms with Crippen molar-refractivity contribution in [3.8, 4) is 0 Å². The van der Waals surface area contributed by atoms with E-state index in [9.17, 15) is 4.79 Å². The number of ether oxygens (including phenoxy) is 2. The predicted octanol–water partition coefficient (Wildman–Crippen LogP) is 0.494. The van der Waals surface area contributed by atoms with Crippen LogP contribution in [0, 0.1) is 0 Å². The molecule has 0 spiro atoms. The van der Waals surface area contributed by atoms with E-state index in [0.29, 0.717) is 19.8 Å². The first-order chi connectivity index (χ1) is 8.01. The van der Waals surface area contributed by atoms with E-state index in [0.717, 1.165) is 6.54 Å². The summed E-state index contributed by atoms with van der Waals surface area (Å²) in [6, 6.07) is -0.279. The van der Waals surface area contributed by atoms with Crippen LogP contribution >= 0.6 is 0 Å². The fourth-order valence-electron chi connectivity index (χ4n) is 1.37. The average Bonchev–Trinajstić information content (AvgIpc) is 2.25. The Kier molecular flexibility index (Phi) is 9.03. The second-order valence-electron chi connectivity index (χ2n) is 4.28. The maximum Gasteiger partial charge on any atom is 0.324 e. The van der Waals surface area contributed by atoms with Crippen molar-refractivity contribution in [2.75, 3.05) is 40.4 Å². The highest BCUT2D eigenvalue weighted by Gasteiger charge is 2.19. The van der Waals surface area contributed by atoms with Gasteiger partial charge in [0.2, 0.25) is 0 Å². The lowest BCUT2D eigenvalue weighted by atomic mass is 10.3. The number of nitrogens with zero attached hydrogens (tertiary/aromatic N) is 1. The van der Waals surface area contributed by atoms with E-state index in [1.807, 2.05) is 27.8 Å². The maximum atomic E-state index is 11.5. The quantitative estimate of drug-likeness (QED) is 0.600. The minimum absolute atomic E-state index is 0.202. The number of carbonyl (C=O) groups is 1. The van der Waals surface area contributed by atoms with Crippen LogP contribution in [0.25, 0.3) is 0 Å². The van der Waals surface area contributed by atoms with Crippen molar-refractivity contribution in [2.24, 2.45) is 0 Å². The molecule has 0 aromatic carbocycles. The molecule has 17 heavy (non-hydrogen) atoms. The zero-order valence-corrected chi connectivity index (χ0v) is 11.7. The molecule has 0 heterocycles. The largest absolute Gasteiger partial charge is 0.465 e. The zero-order chi connectivity index (χ0) is 13.3. The molecule has 0 aliphatic carbocycles. The first-order valence-electron chi connectivity index (χ1n) is 6.15. The molecule has 0 fully saturated rings. The Morgan fingerprint density at radius 1 is 1.41 bits per heavy atom. The number of esters is 1. The molecule has 0 aliphatic heterocycles. The summed E-state index contributed by atoms with van der Waals surface area (Å²) in [7, 11) is 3.73. The average molecular weight is 246 g/mol. The van der Waals surface area contributed by atoms with Crippen LogP contribution in [0.15, 0.2) is 0 Å². The van der Waals surface area contributed by atoms with Gasteiger partial charge in [0.1, 0.15) is 6.04 Å². The molecule has 0 saturated carbocycles. The van der Waals surface area contributed by atoms with E-state index in [2.05, 4.69) is 10.2 Å². The first-order valence-corrected chi connectivity index (χ1v) is 6.15. The molecule has 1 N–H and O–H groups in total. The second-order valence-corrected chi connectivity index (χ2v) is 4.28. The van der Waals surface area contributed by atoms with Crippen LogP contribution in [0.5, 0.6) is 0 Å². The number of carbonyl (C=O) groups excluding carboxylic acids is 1. The van der Waals surface area contributed by atoms with Gasteiger partial charge >= 0.3 is 5.97 Å².